The van der Waals surface area contributed by atoms with Gasteiger partial charge in [-0.25, -0.2) is 9.99 Å². The van der Waals surface area contributed by atoms with Gasteiger partial charge in [0.1, 0.15) is 0 Å². The molecule has 0 unspecified atom stereocenters. The lowest BCUT2D eigenvalue weighted by Crippen LogP contribution is -2.34. The molecule has 0 atom stereocenters. The van der Waals surface area contributed by atoms with Crippen LogP contribution in [0.15, 0.2) is 36.5 Å². The Morgan fingerprint density at radius 3 is 2.83 bits per heavy atom. The Kier molecular flexibility index (Phi) is 3.72. The molecule has 23 heavy (non-hydrogen) atoms. The van der Waals surface area contributed by atoms with E-state index in [4.69, 9.17) is 5.73 Å². The maximum Gasteiger partial charge on any atom is 0.224 e. The highest BCUT2D eigenvalue weighted by atomic mass is 15.7. The van der Waals surface area contributed by atoms with E-state index in [-0.39, 0.29) is 0 Å². The summed E-state index contributed by atoms with van der Waals surface area (Å²) in [5, 5.41) is 5.35. The lowest BCUT2D eigenvalue weighted by Gasteiger charge is -2.27. The van der Waals surface area contributed by atoms with Crippen LogP contribution >= 0.6 is 0 Å². The van der Waals surface area contributed by atoms with Gasteiger partial charge in [0.05, 0.1) is 11.4 Å². The molecule has 1 aromatic heterocycles. The van der Waals surface area contributed by atoms with Crippen molar-refractivity contribution in [2.75, 3.05) is 15.8 Å². The van der Waals surface area contributed by atoms with Crippen molar-refractivity contribution < 1.29 is 0 Å². The first-order valence-corrected chi connectivity index (χ1v) is 8.05. The topological polar surface area (TPSA) is 91.1 Å². The molecule has 0 bridgehead atoms. The lowest BCUT2D eigenvalue weighted by atomic mass is 9.92. The third kappa shape index (κ3) is 2.93. The summed E-state index contributed by atoms with van der Waals surface area (Å²) < 4.78 is 0. The molecule has 1 aromatic carbocycles. The summed E-state index contributed by atoms with van der Waals surface area (Å²) in [5.41, 5.74) is 14.3. The maximum absolute atomic E-state index is 5.96. The van der Waals surface area contributed by atoms with E-state index in [0.29, 0.717) is 18.0 Å². The molecule has 1 saturated carbocycles. The molecule has 1 fully saturated rings. The van der Waals surface area contributed by atoms with E-state index in [1.165, 1.54) is 0 Å². The first kappa shape index (κ1) is 14.2. The molecule has 1 aliphatic carbocycles. The molecule has 5 N–H and O–H groups in total. The van der Waals surface area contributed by atoms with Gasteiger partial charge in [-0.15, -0.1) is 5.53 Å². The first-order valence-electron chi connectivity index (χ1n) is 8.05. The molecule has 2 aliphatic rings. The number of para-hydroxylation sites is 2. The molecule has 0 spiro atoms. The quantitative estimate of drug-likeness (QED) is 0.690. The van der Waals surface area contributed by atoms with Gasteiger partial charge in [0.25, 0.3) is 0 Å². The van der Waals surface area contributed by atoms with Gasteiger partial charge in [-0.1, -0.05) is 12.1 Å². The Hall–Kier alpha value is -2.38. The summed E-state index contributed by atoms with van der Waals surface area (Å²) in [6.07, 6.45) is 6.04. The van der Waals surface area contributed by atoms with E-state index >= 15 is 0 Å². The van der Waals surface area contributed by atoms with Gasteiger partial charge in [-0.05, 0) is 37.8 Å². The summed E-state index contributed by atoms with van der Waals surface area (Å²) in [7, 11) is 0. The molecule has 7 nitrogen and oxygen atoms in total. The molecule has 120 valence electrons. The average Bonchev–Trinajstić information content (AvgIpc) is 3.01. The van der Waals surface area contributed by atoms with Crippen LogP contribution in [0.5, 0.6) is 0 Å². The number of hydrogen-bond donors (Lipinski definition) is 4. The zero-order valence-corrected chi connectivity index (χ0v) is 12.9. The molecular weight excluding hydrogens is 290 g/mol. The predicted molar refractivity (Wildman–Crippen MR) is 91.2 cm³/mol. The maximum atomic E-state index is 5.96. The number of hydrazine groups is 2. The Morgan fingerprint density at radius 1 is 1.13 bits per heavy atom. The molecule has 2 aromatic rings. The summed E-state index contributed by atoms with van der Waals surface area (Å²) in [4.78, 5) is 8.99. The highest BCUT2D eigenvalue weighted by molar-refractivity contribution is 5.78. The fraction of sp³-hybridized carbons (Fsp3) is 0.375. The van der Waals surface area contributed by atoms with Crippen molar-refractivity contribution in [1.29, 1.82) is 0 Å². The van der Waals surface area contributed by atoms with Crippen LogP contribution in [0.3, 0.4) is 0 Å². The standard InChI is InChI=1S/C16H21N7/c17-11-5-7-12(8-6-11)19-16-18-10-9-15(20-16)23-14-4-2-1-3-13(14)21-22-23/h1-4,9-12,21-22H,5-8,17H2,(H,18,19,20)/t11-,12-. The third-order valence-corrected chi connectivity index (χ3v) is 4.42. The van der Waals surface area contributed by atoms with Gasteiger partial charge in [-0.2, -0.15) is 4.98 Å². The highest BCUT2D eigenvalue weighted by Gasteiger charge is 2.22. The second kappa shape index (κ2) is 6.02. The number of aromatic nitrogens is 2. The van der Waals surface area contributed by atoms with Crippen LogP contribution < -0.4 is 27.0 Å². The van der Waals surface area contributed by atoms with Crippen LogP contribution in [0.4, 0.5) is 23.1 Å². The van der Waals surface area contributed by atoms with Crippen LogP contribution in [-0.4, -0.2) is 22.1 Å². The minimum Gasteiger partial charge on any atom is -0.351 e. The van der Waals surface area contributed by atoms with E-state index in [1.807, 2.05) is 35.3 Å². The molecule has 1 aliphatic heterocycles. The van der Waals surface area contributed by atoms with Crippen molar-refractivity contribution in [3.63, 3.8) is 0 Å². The molecule has 7 heteroatoms. The van der Waals surface area contributed by atoms with Crippen molar-refractivity contribution in [2.45, 2.75) is 37.8 Å². The normalized spacial score (nSPS) is 23.3. The van der Waals surface area contributed by atoms with Crippen LogP contribution in [0.1, 0.15) is 25.7 Å². The highest BCUT2D eigenvalue weighted by Crippen LogP contribution is 2.33. The van der Waals surface area contributed by atoms with Crippen molar-refractivity contribution in [3.8, 4) is 0 Å². The molecule has 2 heterocycles. The van der Waals surface area contributed by atoms with Gasteiger partial charge in [-0.3, -0.25) is 0 Å². The van der Waals surface area contributed by atoms with Gasteiger partial charge >= 0.3 is 0 Å². The summed E-state index contributed by atoms with van der Waals surface area (Å²) >= 11 is 0. The van der Waals surface area contributed by atoms with E-state index in [0.717, 1.165) is 42.9 Å². The fourth-order valence-corrected chi connectivity index (χ4v) is 3.12. The number of nitrogens with one attached hydrogen (secondary N) is 3. The van der Waals surface area contributed by atoms with Gasteiger partial charge in [0, 0.05) is 24.3 Å². The predicted octanol–water partition coefficient (Wildman–Crippen LogP) is 2.14. The number of anilines is 4. The number of nitrogens with zero attached hydrogens (tertiary/aromatic N) is 3. The monoisotopic (exact) mass is 311 g/mol. The Labute approximate surface area is 135 Å². The zero-order chi connectivity index (χ0) is 15.6. The number of fused-ring (bicyclic) bond motifs is 1. The van der Waals surface area contributed by atoms with Crippen molar-refractivity contribution in [3.05, 3.63) is 36.5 Å². The summed E-state index contributed by atoms with van der Waals surface area (Å²) in [6, 6.07) is 10.7. The van der Waals surface area contributed by atoms with Crippen molar-refractivity contribution in [1.82, 2.24) is 15.5 Å². The summed E-state index contributed by atoms with van der Waals surface area (Å²) in [5.74, 6) is 1.46. The van der Waals surface area contributed by atoms with E-state index in [2.05, 4.69) is 26.2 Å². The van der Waals surface area contributed by atoms with Crippen LogP contribution in [-0.2, 0) is 0 Å². The van der Waals surface area contributed by atoms with Crippen LogP contribution in [0.25, 0.3) is 0 Å². The zero-order valence-electron chi connectivity index (χ0n) is 12.9. The molecule has 0 radical (unpaired) electrons. The molecule has 0 amide bonds. The lowest BCUT2D eigenvalue weighted by molar-refractivity contribution is 0.410. The average molecular weight is 311 g/mol. The van der Waals surface area contributed by atoms with Crippen LogP contribution in [0, 0.1) is 0 Å². The molecule has 0 saturated heterocycles. The number of nitrogens with two attached hydrogens (primary N) is 1. The second-order valence-electron chi connectivity index (χ2n) is 6.08. The third-order valence-electron chi connectivity index (χ3n) is 4.42. The first-order chi connectivity index (χ1) is 11.3. The Balaban J connectivity index is 1.51. The Morgan fingerprint density at radius 2 is 1.96 bits per heavy atom. The van der Waals surface area contributed by atoms with Gasteiger partial charge in [0.2, 0.25) is 5.95 Å². The molecular formula is C16H21N7. The Bertz CT molecular complexity index is 682. The van der Waals surface area contributed by atoms with E-state index < -0.39 is 0 Å². The minimum atomic E-state index is 0.344. The number of hydrogen-bond acceptors (Lipinski definition) is 7. The minimum absolute atomic E-state index is 0.344. The largest absolute Gasteiger partial charge is 0.351 e. The second-order valence-corrected chi connectivity index (χ2v) is 6.08. The van der Waals surface area contributed by atoms with E-state index in [1.54, 1.807) is 6.20 Å². The smallest absolute Gasteiger partial charge is 0.224 e. The van der Waals surface area contributed by atoms with E-state index in [9.17, 15) is 0 Å². The fourth-order valence-electron chi connectivity index (χ4n) is 3.12. The van der Waals surface area contributed by atoms with Crippen LogP contribution in [0.2, 0.25) is 0 Å². The van der Waals surface area contributed by atoms with Gasteiger partial charge < -0.3 is 16.5 Å². The SMILES string of the molecule is N[C@H]1CC[C@H](Nc2nccc(N3NNc4ccccc43)n2)CC1. The summed E-state index contributed by atoms with van der Waals surface area (Å²) in [6.45, 7) is 0. The van der Waals surface area contributed by atoms with Crippen molar-refractivity contribution in [2.24, 2.45) is 5.73 Å². The molecule has 4 rings (SSSR count). The number of benzene rings is 1. The van der Waals surface area contributed by atoms with Gasteiger partial charge in [0.15, 0.2) is 5.82 Å². The number of rotatable bonds is 3. The van der Waals surface area contributed by atoms with Crippen molar-refractivity contribution >= 4 is 23.1 Å².